The first-order valence-corrected chi connectivity index (χ1v) is 27.2. The molecule has 0 fully saturated rings. The lowest BCUT2D eigenvalue weighted by atomic mass is 10.0. The standard InChI is InChI=1S/C55H106O5/c1-4-7-10-13-16-19-22-24-26-27-28-30-32-35-38-41-44-47-50-58-51-53(60-55(57)49-46-43-40-37-33-21-18-15-12-9-6-3)52-59-54(56)48-45-42-39-36-34-31-29-25-23-20-17-14-11-8-5-2/h24,26,53H,4-23,25,27-52H2,1-3H3/b26-24-. The third-order valence-electron chi connectivity index (χ3n) is 12.3. The summed E-state index contributed by atoms with van der Waals surface area (Å²) in [5, 5.41) is 0. The van der Waals surface area contributed by atoms with Gasteiger partial charge in [0.15, 0.2) is 6.10 Å². The van der Waals surface area contributed by atoms with Gasteiger partial charge >= 0.3 is 11.9 Å². The summed E-state index contributed by atoms with van der Waals surface area (Å²) in [5.74, 6) is -0.377. The number of carbonyl (C=O) groups excluding carboxylic acids is 2. The van der Waals surface area contributed by atoms with Crippen LogP contribution in [-0.2, 0) is 23.8 Å². The van der Waals surface area contributed by atoms with Crippen molar-refractivity contribution in [3.8, 4) is 0 Å². The zero-order valence-corrected chi connectivity index (χ0v) is 41.0. The minimum atomic E-state index is -0.527. The molecule has 0 saturated carbocycles. The van der Waals surface area contributed by atoms with Gasteiger partial charge in [-0.25, -0.2) is 0 Å². The zero-order chi connectivity index (χ0) is 43.5. The Morgan fingerprint density at radius 2 is 0.650 bits per heavy atom. The van der Waals surface area contributed by atoms with E-state index in [1.54, 1.807) is 0 Å². The lowest BCUT2D eigenvalue weighted by Crippen LogP contribution is -2.30. The van der Waals surface area contributed by atoms with E-state index in [1.165, 1.54) is 238 Å². The Hall–Kier alpha value is -1.36. The number of unbranched alkanes of at least 4 members (excludes halogenated alkanes) is 38. The number of carbonyl (C=O) groups is 2. The number of hydrogen-bond donors (Lipinski definition) is 0. The average molecular weight is 847 g/mol. The summed E-state index contributed by atoms with van der Waals surface area (Å²) < 4.78 is 17.4. The van der Waals surface area contributed by atoms with Gasteiger partial charge in [-0.15, -0.1) is 0 Å². The van der Waals surface area contributed by atoms with Gasteiger partial charge in [-0.1, -0.05) is 258 Å². The van der Waals surface area contributed by atoms with Gasteiger partial charge in [-0.3, -0.25) is 9.59 Å². The van der Waals surface area contributed by atoms with Crippen molar-refractivity contribution in [1.82, 2.24) is 0 Å². The van der Waals surface area contributed by atoms with Gasteiger partial charge in [0.05, 0.1) is 6.61 Å². The summed E-state index contributed by atoms with van der Waals surface area (Å²) in [6.45, 7) is 7.88. The van der Waals surface area contributed by atoms with Crippen LogP contribution in [0.15, 0.2) is 12.2 Å². The molecule has 0 N–H and O–H groups in total. The third kappa shape index (κ3) is 49.3. The monoisotopic (exact) mass is 847 g/mol. The molecule has 0 rings (SSSR count). The zero-order valence-electron chi connectivity index (χ0n) is 41.0. The second-order valence-electron chi connectivity index (χ2n) is 18.5. The third-order valence-corrected chi connectivity index (χ3v) is 12.3. The fraction of sp³-hybridized carbons (Fsp3) is 0.927. The SMILES string of the molecule is CCCCCCCC/C=C\CCCCCCCCCCOCC(COC(=O)CCCCCCCCCCCCCCCCC)OC(=O)CCCCCCCCCCCCC. The summed E-state index contributed by atoms with van der Waals surface area (Å²) >= 11 is 0. The maximum Gasteiger partial charge on any atom is 0.306 e. The smallest absolute Gasteiger partial charge is 0.306 e. The van der Waals surface area contributed by atoms with Crippen molar-refractivity contribution in [2.75, 3.05) is 19.8 Å². The number of ether oxygens (including phenoxy) is 3. The molecular weight excluding hydrogens is 741 g/mol. The number of rotatable bonds is 51. The number of allylic oxidation sites excluding steroid dienone is 2. The van der Waals surface area contributed by atoms with Gasteiger partial charge in [-0.2, -0.15) is 0 Å². The van der Waals surface area contributed by atoms with Crippen molar-refractivity contribution in [3.63, 3.8) is 0 Å². The molecule has 0 spiro atoms. The molecule has 0 aliphatic rings. The van der Waals surface area contributed by atoms with Crippen LogP contribution in [0.5, 0.6) is 0 Å². The number of hydrogen-bond acceptors (Lipinski definition) is 5. The van der Waals surface area contributed by atoms with E-state index in [2.05, 4.69) is 32.9 Å². The highest BCUT2D eigenvalue weighted by Crippen LogP contribution is 2.16. The summed E-state index contributed by atoms with van der Waals surface area (Å²) in [4.78, 5) is 25.4. The highest BCUT2D eigenvalue weighted by Gasteiger charge is 2.17. The van der Waals surface area contributed by atoms with Crippen molar-refractivity contribution in [2.24, 2.45) is 0 Å². The Bertz CT molecular complexity index is 871. The van der Waals surface area contributed by atoms with Gasteiger partial charge in [0.2, 0.25) is 0 Å². The quantitative estimate of drug-likeness (QED) is 0.0347. The van der Waals surface area contributed by atoms with Crippen LogP contribution in [0.3, 0.4) is 0 Å². The maximum absolute atomic E-state index is 12.8. The Morgan fingerprint density at radius 1 is 0.350 bits per heavy atom. The molecule has 5 heteroatoms. The molecule has 0 aromatic rings. The lowest BCUT2D eigenvalue weighted by molar-refractivity contribution is -0.163. The second-order valence-corrected chi connectivity index (χ2v) is 18.5. The predicted molar refractivity (Wildman–Crippen MR) is 261 cm³/mol. The molecule has 0 radical (unpaired) electrons. The van der Waals surface area contributed by atoms with Crippen LogP contribution in [0.25, 0.3) is 0 Å². The molecule has 0 heterocycles. The van der Waals surface area contributed by atoms with Crippen LogP contribution in [0, 0.1) is 0 Å². The van der Waals surface area contributed by atoms with E-state index in [0.717, 1.165) is 32.1 Å². The highest BCUT2D eigenvalue weighted by atomic mass is 16.6. The van der Waals surface area contributed by atoms with E-state index in [0.29, 0.717) is 26.1 Å². The molecule has 0 aromatic carbocycles. The Kier molecular flexibility index (Phi) is 50.8. The van der Waals surface area contributed by atoms with Gasteiger partial charge in [0, 0.05) is 19.4 Å². The predicted octanol–water partition coefficient (Wildman–Crippen LogP) is 18.2. The molecule has 0 amide bonds. The fourth-order valence-corrected chi connectivity index (χ4v) is 8.21. The van der Waals surface area contributed by atoms with E-state index in [-0.39, 0.29) is 18.5 Å². The van der Waals surface area contributed by atoms with Crippen LogP contribution in [0.1, 0.15) is 303 Å². The second kappa shape index (κ2) is 52.0. The maximum atomic E-state index is 12.8. The van der Waals surface area contributed by atoms with Crippen molar-refractivity contribution < 1.29 is 23.8 Å². The normalized spacial score (nSPS) is 12.1. The molecule has 0 bridgehead atoms. The van der Waals surface area contributed by atoms with Crippen LogP contribution in [0.4, 0.5) is 0 Å². The van der Waals surface area contributed by atoms with E-state index < -0.39 is 6.10 Å². The van der Waals surface area contributed by atoms with E-state index in [9.17, 15) is 9.59 Å². The van der Waals surface area contributed by atoms with Gasteiger partial charge in [-0.05, 0) is 44.9 Å². The first-order valence-electron chi connectivity index (χ1n) is 27.2. The van der Waals surface area contributed by atoms with Gasteiger partial charge < -0.3 is 14.2 Å². The molecule has 0 aliphatic carbocycles. The first-order chi connectivity index (χ1) is 29.6. The molecule has 1 unspecified atom stereocenters. The Balaban J connectivity index is 4.17. The molecular formula is C55H106O5. The topological polar surface area (TPSA) is 61.8 Å². The van der Waals surface area contributed by atoms with E-state index in [4.69, 9.17) is 14.2 Å². The van der Waals surface area contributed by atoms with Crippen LogP contribution < -0.4 is 0 Å². The lowest BCUT2D eigenvalue weighted by Gasteiger charge is -2.18. The summed E-state index contributed by atoms with van der Waals surface area (Å²) in [5.41, 5.74) is 0. The molecule has 5 nitrogen and oxygen atoms in total. The van der Waals surface area contributed by atoms with Crippen LogP contribution >= 0.6 is 0 Å². The first kappa shape index (κ1) is 58.6. The average Bonchev–Trinajstić information content (AvgIpc) is 3.25. The summed E-state index contributed by atoms with van der Waals surface area (Å²) in [6, 6.07) is 0. The highest BCUT2D eigenvalue weighted by molar-refractivity contribution is 5.70. The fourth-order valence-electron chi connectivity index (χ4n) is 8.21. The van der Waals surface area contributed by atoms with Gasteiger partial charge in [0.25, 0.3) is 0 Å². The van der Waals surface area contributed by atoms with Crippen LogP contribution in [0.2, 0.25) is 0 Å². The molecule has 0 saturated heterocycles. The van der Waals surface area contributed by atoms with E-state index in [1.807, 2.05) is 0 Å². The molecule has 60 heavy (non-hydrogen) atoms. The minimum Gasteiger partial charge on any atom is -0.462 e. The molecule has 356 valence electrons. The molecule has 0 aromatic heterocycles. The van der Waals surface area contributed by atoms with Crippen molar-refractivity contribution in [3.05, 3.63) is 12.2 Å². The molecule has 1 atom stereocenters. The Labute approximate surface area is 375 Å². The van der Waals surface area contributed by atoms with Crippen molar-refractivity contribution in [2.45, 2.75) is 309 Å². The van der Waals surface area contributed by atoms with Gasteiger partial charge in [0.1, 0.15) is 6.61 Å². The molecule has 0 aliphatic heterocycles. The van der Waals surface area contributed by atoms with Crippen LogP contribution in [-0.4, -0.2) is 37.9 Å². The van der Waals surface area contributed by atoms with E-state index >= 15 is 0 Å². The Morgan fingerprint density at radius 3 is 1.02 bits per heavy atom. The van der Waals surface area contributed by atoms with Crippen molar-refractivity contribution >= 4 is 11.9 Å². The summed E-state index contributed by atoms with van der Waals surface area (Å²) in [6.07, 6.45) is 59.4. The summed E-state index contributed by atoms with van der Waals surface area (Å²) in [7, 11) is 0. The largest absolute Gasteiger partial charge is 0.462 e. The number of esters is 2. The van der Waals surface area contributed by atoms with Crippen molar-refractivity contribution in [1.29, 1.82) is 0 Å². The minimum absolute atomic E-state index is 0.0937.